The van der Waals surface area contributed by atoms with Gasteiger partial charge in [0.25, 0.3) is 20.4 Å². The van der Waals surface area contributed by atoms with Crippen LogP contribution in [0.4, 0.5) is 0 Å². The molecule has 6 radical (unpaired) electrons. The topological polar surface area (TPSA) is 71.4 Å². The monoisotopic (exact) mass is 262 g/mol. The van der Waals surface area contributed by atoms with Crippen molar-refractivity contribution in [2.24, 2.45) is 5.92 Å². The van der Waals surface area contributed by atoms with E-state index in [0.29, 0.717) is 11.7 Å². The molecule has 0 saturated heterocycles. The molecule has 0 heterocycles. The molecule has 0 atom stereocenters. The minimum atomic E-state index is 0.410. The van der Waals surface area contributed by atoms with E-state index in [4.69, 9.17) is 14.4 Å². The normalized spacial score (nSPS) is 12.4. The molecule has 86 valence electrons. The van der Waals surface area contributed by atoms with Crippen LogP contribution < -0.4 is 0 Å². The molecule has 0 fully saturated rings. The van der Waals surface area contributed by atoms with Crippen molar-refractivity contribution >= 4 is 20.4 Å². The van der Waals surface area contributed by atoms with E-state index in [0.717, 1.165) is 16.5 Å². The number of aliphatic hydroxyl groups excluding tert-OH is 1. The summed E-state index contributed by atoms with van der Waals surface area (Å²) in [4.78, 5) is 22.5. The number of rotatable bonds is 1. The largest absolute Gasteiger partial charge is 0.281 e. The molecule has 16 heavy (non-hydrogen) atoms. The van der Waals surface area contributed by atoms with Gasteiger partial charge in [-0.15, -0.1) is 0 Å². The van der Waals surface area contributed by atoms with Crippen molar-refractivity contribution in [1.29, 1.82) is 0 Å². The predicted molar refractivity (Wildman–Crippen MR) is 54.3 cm³/mol. The summed E-state index contributed by atoms with van der Waals surface area (Å²) in [6, 6.07) is 0. The maximum atomic E-state index is 9.30. The van der Waals surface area contributed by atoms with Crippen molar-refractivity contribution in [2.45, 2.75) is 20.3 Å². The molecule has 0 spiro atoms. The number of carbonyl (C=O) groups excluding carboxylic acids is 3. The number of aliphatic hydroxyl groups is 1. The van der Waals surface area contributed by atoms with Gasteiger partial charge in [0.1, 0.15) is 0 Å². The van der Waals surface area contributed by atoms with Crippen molar-refractivity contribution in [1.82, 2.24) is 0 Å². The quantitative estimate of drug-likeness (QED) is 0.718. The molecule has 0 aliphatic heterocycles. The van der Waals surface area contributed by atoms with Crippen LogP contribution in [-0.4, -0.2) is 25.5 Å². The second-order valence-corrected chi connectivity index (χ2v) is 3.48. The number of hydrogen-bond donors (Lipinski definition) is 1. The molecular formula is C11H11MnO4. The molecule has 1 aliphatic carbocycles. The summed E-state index contributed by atoms with van der Waals surface area (Å²) in [5, 5.41) is 9.30. The summed E-state index contributed by atoms with van der Waals surface area (Å²) in [5.41, 5.74) is 1.06. The van der Waals surface area contributed by atoms with E-state index in [1.54, 1.807) is 0 Å². The third-order valence-electron chi connectivity index (χ3n) is 1.62. The number of hydrogen-bond acceptors (Lipinski definition) is 4. The van der Waals surface area contributed by atoms with Gasteiger partial charge in [0.15, 0.2) is 0 Å². The van der Waals surface area contributed by atoms with Crippen molar-refractivity contribution in [3.63, 3.8) is 0 Å². The Balaban J connectivity index is -0.000000245. The third kappa shape index (κ3) is 7.15. The van der Waals surface area contributed by atoms with Gasteiger partial charge in [0.2, 0.25) is 0 Å². The fourth-order valence-electron chi connectivity index (χ4n) is 1.15. The number of allylic oxidation sites excluding steroid dienone is 3. The van der Waals surface area contributed by atoms with Gasteiger partial charge < -0.3 is 0 Å². The van der Waals surface area contributed by atoms with E-state index in [-0.39, 0.29) is 0 Å². The summed E-state index contributed by atoms with van der Waals surface area (Å²) >= 11 is 3.41. The van der Waals surface area contributed by atoms with E-state index in [1.165, 1.54) is 0 Å². The Bertz CT molecular complexity index is 242. The molecule has 4 nitrogen and oxygen atoms in total. The first-order valence-corrected chi connectivity index (χ1v) is 4.61. The van der Waals surface area contributed by atoms with Crippen molar-refractivity contribution in [3.05, 3.63) is 21.9 Å². The Kier molecular flexibility index (Phi) is 17.5. The molecule has 0 amide bonds. The zero-order valence-corrected chi connectivity index (χ0v) is 10.1. The SMILES string of the molecule is CC(C)C1=[C]([Mn])CC=C1O.[C]=O.[C]=O.[C]=O. The van der Waals surface area contributed by atoms with Gasteiger partial charge in [-0.05, 0) is 0 Å². The van der Waals surface area contributed by atoms with Gasteiger partial charge in [-0.1, -0.05) is 0 Å². The predicted octanol–water partition coefficient (Wildman–Crippen LogP) is 1.10. The van der Waals surface area contributed by atoms with Crippen LogP contribution in [0, 0.1) is 5.92 Å². The molecule has 5 heteroatoms. The standard InChI is InChI=1S/C8H11O.3CO.Mn/c1-6(2)7-4-3-5-8(7)9;3*1-2;/h5-6,9H,3H2,1-2H3;;;;. The van der Waals surface area contributed by atoms with Crippen LogP contribution in [0.3, 0.4) is 0 Å². The van der Waals surface area contributed by atoms with Crippen molar-refractivity contribution in [3.8, 4) is 0 Å². The zero-order chi connectivity index (χ0) is 13.7. The van der Waals surface area contributed by atoms with Gasteiger partial charge in [0, 0.05) is 0 Å². The van der Waals surface area contributed by atoms with E-state index in [2.05, 4.69) is 50.2 Å². The molecule has 1 rings (SSSR count). The van der Waals surface area contributed by atoms with E-state index in [9.17, 15) is 5.11 Å². The van der Waals surface area contributed by atoms with Gasteiger partial charge in [-0.2, -0.15) is 0 Å². The van der Waals surface area contributed by atoms with Gasteiger partial charge >= 0.3 is 69.2 Å². The summed E-state index contributed by atoms with van der Waals surface area (Å²) in [6.07, 6.45) is 2.68. The fourth-order valence-corrected chi connectivity index (χ4v) is 1.77. The summed E-state index contributed by atoms with van der Waals surface area (Å²) in [5.74, 6) is 0.856. The fraction of sp³-hybridized carbons (Fsp3) is 0.364. The van der Waals surface area contributed by atoms with Crippen LogP contribution in [0.15, 0.2) is 21.9 Å². The first kappa shape index (κ1) is 20.3. The second-order valence-electron chi connectivity index (χ2n) is 2.77. The van der Waals surface area contributed by atoms with E-state index < -0.39 is 0 Å². The average Bonchev–Trinajstić information content (AvgIpc) is 2.67. The Morgan fingerprint density at radius 2 is 1.56 bits per heavy atom. The molecule has 0 aromatic carbocycles. The summed E-state index contributed by atoms with van der Waals surface area (Å²) in [6.45, 7) is 17.7. The Morgan fingerprint density at radius 3 is 1.69 bits per heavy atom. The van der Waals surface area contributed by atoms with Crippen LogP contribution in [-0.2, 0) is 30.4 Å². The second kappa shape index (κ2) is 13.8. The Hall–Kier alpha value is -1.19. The molecule has 0 aromatic rings. The van der Waals surface area contributed by atoms with Gasteiger partial charge in [-0.3, -0.25) is 14.4 Å². The zero-order valence-electron chi connectivity index (χ0n) is 8.91. The maximum absolute atomic E-state index is 9.30. The Morgan fingerprint density at radius 1 is 1.19 bits per heavy atom. The molecule has 0 aromatic heterocycles. The van der Waals surface area contributed by atoms with Crippen LogP contribution in [0.2, 0.25) is 0 Å². The molecule has 1 N–H and O–H groups in total. The summed E-state index contributed by atoms with van der Waals surface area (Å²) < 4.78 is 1.13. The third-order valence-corrected chi connectivity index (χ3v) is 2.18. The minimum Gasteiger partial charge on any atom is -0.281 e. The summed E-state index contributed by atoms with van der Waals surface area (Å²) in [7, 11) is 0. The molecule has 0 unspecified atom stereocenters. The van der Waals surface area contributed by atoms with Crippen LogP contribution in [0.25, 0.3) is 0 Å². The van der Waals surface area contributed by atoms with Gasteiger partial charge in [-0.25, -0.2) is 0 Å². The van der Waals surface area contributed by atoms with Gasteiger partial charge in [0.05, 0.1) is 0 Å². The average molecular weight is 262 g/mol. The molecule has 0 bridgehead atoms. The molecule has 1 aliphatic rings. The van der Waals surface area contributed by atoms with Crippen LogP contribution in [0.5, 0.6) is 0 Å². The Labute approximate surface area is 104 Å². The smallest absolute Gasteiger partial charge is 0.281 e. The molecular weight excluding hydrogens is 251 g/mol. The van der Waals surface area contributed by atoms with E-state index >= 15 is 0 Å². The van der Waals surface area contributed by atoms with Crippen LogP contribution >= 0.6 is 0 Å². The van der Waals surface area contributed by atoms with E-state index in [1.807, 2.05) is 6.08 Å². The van der Waals surface area contributed by atoms with Crippen molar-refractivity contribution < 1.29 is 35.5 Å². The minimum absolute atomic E-state index is 0.410. The first-order chi connectivity index (χ1) is 7.63. The van der Waals surface area contributed by atoms with Crippen molar-refractivity contribution in [2.75, 3.05) is 0 Å². The van der Waals surface area contributed by atoms with Crippen LogP contribution in [0.1, 0.15) is 20.3 Å². The molecule has 0 saturated carbocycles. The maximum Gasteiger partial charge on any atom is 0.281 e. The first-order valence-electron chi connectivity index (χ1n) is 4.02.